The van der Waals surface area contributed by atoms with Crippen molar-refractivity contribution in [3.05, 3.63) is 29.6 Å². The van der Waals surface area contributed by atoms with Crippen LogP contribution < -0.4 is 0 Å². The largest absolute Gasteiger partial charge is 0.508 e. The molecule has 4 heteroatoms. The van der Waals surface area contributed by atoms with Gasteiger partial charge >= 0.3 is 0 Å². The predicted octanol–water partition coefficient (Wildman–Crippen LogP) is 2.06. The van der Waals surface area contributed by atoms with E-state index < -0.39 is 0 Å². The Balaban J connectivity index is 2.07. The second kappa shape index (κ2) is 5.67. The summed E-state index contributed by atoms with van der Waals surface area (Å²) in [7, 11) is 2.13. The van der Waals surface area contributed by atoms with E-state index in [1.54, 1.807) is 6.07 Å². The fraction of sp³-hybridized carbons (Fsp3) is 0.571. The van der Waals surface area contributed by atoms with Crippen LogP contribution in [0, 0.1) is 5.82 Å². The molecule has 100 valence electrons. The van der Waals surface area contributed by atoms with E-state index in [4.69, 9.17) is 0 Å². The number of rotatable bonds is 2. The standard InChI is InChI=1S/C14H21FN2O/c1-11-9-16(2)4-3-5-17(11)10-12-6-13(15)8-14(18)7-12/h6-8,11,18H,3-5,9-10H2,1-2H3. The van der Waals surface area contributed by atoms with Gasteiger partial charge in [0.15, 0.2) is 0 Å². The number of aromatic hydroxyl groups is 1. The van der Waals surface area contributed by atoms with Gasteiger partial charge in [-0.1, -0.05) is 0 Å². The highest BCUT2D eigenvalue weighted by molar-refractivity contribution is 5.28. The summed E-state index contributed by atoms with van der Waals surface area (Å²) in [6.07, 6.45) is 1.13. The van der Waals surface area contributed by atoms with Crippen molar-refractivity contribution in [2.45, 2.75) is 25.9 Å². The topological polar surface area (TPSA) is 26.7 Å². The highest BCUT2D eigenvalue weighted by Crippen LogP contribution is 2.18. The molecule has 1 unspecified atom stereocenters. The summed E-state index contributed by atoms with van der Waals surface area (Å²) in [5.74, 6) is -0.366. The molecule has 0 bridgehead atoms. The normalized spacial score (nSPS) is 22.9. The van der Waals surface area contributed by atoms with Gasteiger partial charge in [0.2, 0.25) is 0 Å². The van der Waals surface area contributed by atoms with Crippen molar-refractivity contribution in [3.63, 3.8) is 0 Å². The number of phenolic OH excluding ortho intramolecular Hbond substituents is 1. The Morgan fingerprint density at radius 2 is 2.11 bits per heavy atom. The predicted molar refractivity (Wildman–Crippen MR) is 70.1 cm³/mol. The minimum atomic E-state index is -0.371. The van der Waals surface area contributed by atoms with Gasteiger partial charge in [0.25, 0.3) is 0 Å². The Bertz CT molecular complexity index is 391. The number of hydrogen-bond acceptors (Lipinski definition) is 3. The van der Waals surface area contributed by atoms with E-state index in [0.29, 0.717) is 12.6 Å². The van der Waals surface area contributed by atoms with E-state index in [-0.39, 0.29) is 11.6 Å². The first-order valence-electron chi connectivity index (χ1n) is 6.45. The second-order valence-corrected chi connectivity index (χ2v) is 5.25. The third kappa shape index (κ3) is 3.43. The van der Waals surface area contributed by atoms with Gasteiger partial charge < -0.3 is 10.0 Å². The SMILES string of the molecule is CC1CN(C)CCCN1Cc1cc(O)cc(F)c1. The number of halogens is 1. The van der Waals surface area contributed by atoms with Gasteiger partial charge in [-0.05, 0) is 44.6 Å². The van der Waals surface area contributed by atoms with Gasteiger partial charge in [-0.25, -0.2) is 4.39 Å². The van der Waals surface area contributed by atoms with E-state index in [9.17, 15) is 9.50 Å². The van der Waals surface area contributed by atoms with E-state index in [1.165, 1.54) is 6.07 Å². The lowest BCUT2D eigenvalue weighted by Crippen LogP contribution is -2.37. The fourth-order valence-corrected chi connectivity index (χ4v) is 2.62. The molecular formula is C14H21FN2O. The lowest BCUT2D eigenvalue weighted by molar-refractivity contribution is 0.194. The summed E-state index contributed by atoms with van der Waals surface area (Å²) in [6, 6.07) is 4.73. The molecule has 1 atom stereocenters. The number of phenols is 1. The molecule has 0 saturated carbocycles. The van der Waals surface area contributed by atoms with E-state index in [2.05, 4.69) is 23.8 Å². The van der Waals surface area contributed by atoms with Gasteiger partial charge in [-0.2, -0.15) is 0 Å². The average molecular weight is 252 g/mol. The van der Waals surface area contributed by atoms with Crippen molar-refractivity contribution in [3.8, 4) is 5.75 Å². The van der Waals surface area contributed by atoms with Gasteiger partial charge in [0, 0.05) is 31.7 Å². The molecular weight excluding hydrogens is 231 g/mol. The van der Waals surface area contributed by atoms with Crippen molar-refractivity contribution >= 4 is 0 Å². The number of hydrogen-bond donors (Lipinski definition) is 1. The number of nitrogens with zero attached hydrogens (tertiary/aromatic N) is 2. The quantitative estimate of drug-likeness (QED) is 0.872. The van der Waals surface area contributed by atoms with Crippen molar-refractivity contribution < 1.29 is 9.50 Å². The minimum absolute atomic E-state index is 0.00425. The summed E-state index contributed by atoms with van der Waals surface area (Å²) >= 11 is 0. The Morgan fingerprint density at radius 3 is 2.83 bits per heavy atom. The van der Waals surface area contributed by atoms with E-state index in [1.807, 2.05) is 0 Å². The highest BCUT2D eigenvalue weighted by atomic mass is 19.1. The Kier molecular flexibility index (Phi) is 4.19. The van der Waals surface area contributed by atoms with Crippen LogP contribution in [0.4, 0.5) is 4.39 Å². The summed E-state index contributed by atoms with van der Waals surface area (Å²) in [5.41, 5.74) is 0.837. The van der Waals surface area contributed by atoms with Crippen LogP contribution in [0.5, 0.6) is 5.75 Å². The fourth-order valence-electron chi connectivity index (χ4n) is 2.62. The molecule has 1 N–H and O–H groups in total. The van der Waals surface area contributed by atoms with Crippen LogP contribution in [0.2, 0.25) is 0 Å². The Labute approximate surface area is 108 Å². The van der Waals surface area contributed by atoms with Crippen LogP contribution >= 0.6 is 0 Å². The Morgan fingerprint density at radius 1 is 1.33 bits per heavy atom. The van der Waals surface area contributed by atoms with Crippen LogP contribution in [-0.2, 0) is 6.54 Å². The summed E-state index contributed by atoms with van der Waals surface area (Å²) < 4.78 is 13.2. The molecule has 0 radical (unpaired) electrons. The maximum Gasteiger partial charge on any atom is 0.127 e. The molecule has 0 aliphatic carbocycles. The summed E-state index contributed by atoms with van der Waals surface area (Å²) in [6.45, 7) is 6.04. The van der Waals surface area contributed by atoms with Crippen LogP contribution in [0.1, 0.15) is 18.9 Å². The zero-order valence-electron chi connectivity index (χ0n) is 11.1. The van der Waals surface area contributed by atoms with E-state index >= 15 is 0 Å². The van der Waals surface area contributed by atoms with Gasteiger partial charge in [0.05, 0.1) is 0 Å². The second-order valence-electron chi connectivity index (χ2n) is 5.25. The monoisotopic (exact) mass is 252 g/mol. The van der Waals surface area contributed by atoms with Crippen LogP contribution in [0.25, 0.3) is 0 Å². The third-order valence-electron chi connectivity index (χ3n) is 3.51. The van der Waals surface area contributed by atoms with E-state index in [0.717, 1.165) is 37.7 Å². The number of benzene rings is 1. The Hall–Kier alpha value is -1.13. The molecule has 0 spiro atoms. The molecule has 0 amide bonds. The maximum atomic E-state index is 13.2. The smallest absolute Gasteiger partial charge is 0.127 e. The van der Waals surface area contributed by atoms with Crippen LogP contribution in [0.3, 0.4) is 0 Å². The first kappa shape index (κ1) is 13.3. The molecule has 1 aromatic carbocycles. The van der Waals surface area contributed by atoms with Gasteiger partial charge in [0.1, 0.15) is 11.6 Å². The van der Waals surface area contributed by atoms with Crippen molar-refractivity contribution in [2.75, 3.05) is 26.7 Å². The molecule has 1 aliphatic rings. The first-order chi connectivity index (χ1) is 8.54. The van der Waals surface area contributed by atoms with Crippen molar-refractivity contribution in [1.82, 2.24) is 9.80 Å². The molecule has 18 heavy (non-hydrogen) atoms. The molecule has 3 nitrogen and oxygen atoms in total. The zero-order chi connectivity index (χ0) is 13.1. The van der Waals surface area contributed by atoms with Crippen molar-refractivity contribution in [1.29, 1.82) is 0 Å². The molecule has 1 aliphatic heterocycles. The minimum Gasteiger partial charge on any atom is -0.508 e. The van der Waals surface area contributed by atoms with Crippen LogP contribution in [0.15, 0.2) is 18.2 Å². The summed E-state index contributed by atoms with van der Waals surface area (Å²) in [4.78, 5) is 4.67. The van der Waals surface area contributed by atoms with Gasteiger partial charge in [-0.15, -0.1) is 0 Å². The molecule has 1 aromatic rings. The molecule has 0 aromatic heterocycles. The maximum absolute atomic E-state index is 13.2. The number of likely N-dealkylation sites (N-methyl/N-ethyl adjacent to an activating group) is 1. The average Bonchev–Trinajstić information content (AvgIpc) is 2.39. The first-order valence-corrected chi connectivity index (χ1v) is 6.45. The molecule has 1 heterocycles. The summed E-state index contributed by atoms with van der Waals surface area (Å²) in [5, 5.41) is 9.42. The van der Waals surface area contributed by atoms with Crippen LogP contribution in [-0.4, -0.2) is 47.6 Å². The molecule has 1 saturated heterocycles. The molecule has 1 fully saturated rings. The zero-order valence-corrected chi connectivity index (χ0v) is 11.1. The molecule has 2 rings (SSSR count). The third-order valence-corrected chi connectivity index (χ3v) is 3.51. The lowest BCUT2D eigenvalue weighted by Gasteiger charge is -2.27. The highest BCUT2D eigenvalue weighted by Gasteiger charge is 2.19. The lowest BCUT2D eigenvalue weighted by atomic mass is 10.1. The van der Waals surface area contributed by atoms with Crippen molar-refractivity contribution in [2.24, 2.45) is 0 Å². The van der Waals surface area contributed by atoms with Gasteiger partial charge in [-0.3, -0.25) is 4.90 Å².